The Bertz CT molecular complexity index is 1110. The molecule has 4 N–H and O–H groups in total. The zero-order valence-electron chi connectivity index (χ0n) is 17.4. The van der Waals surface area contributed by atoms with E-state index < -0.39 is 27.7 Å². The molecule has 0 atom stereocenters. The fourth-order valence-electron chi connectivity index (χ4n) is 3.48. The fraction of sp³-hybridized carbons (Fsp3) is 0.333. The van der Waals surface area contributed by atoms with Crippen molar-refractivity contribution in [3.63, 3.8) is 0 Å². The first-order valence-corrected chi connectivity index (χ1v) is 11.5. The van der Waals surface area contributed by atoms with Crippen LogP contribution in [0.2, 0.25) is 0 Å². The van der Waals surface area contributed by atoms with Crippen LogP contribution in [0, 0.1) is 0 Å². The van der Waals surface area contributed by atoms with Gasteiger partial charge in [0, 0.05) is 30.4 Å². The summed E-state index contributed by atoms with van der Waals surface area (Å²) in [6, 6.07) is 8.85. The molecular formula is C21H23F3N4O4S. The van der Waals surface area contributed by atoms with Crippen molar-refractivity contribution < 1.29 is 31.2 Å². The van der Waals surface area contributed by atoms with E-state index in [-0.39, 0.29) is 34.6 Å². The average molecular weight is 485 g/mol. The molecule has 0 spiro atoms. The summed E-state index contributed by atoms with van der Waals surface area (Å²) in [5.74, 6) is -0.784. The first-order valence-electron chi connectivity index (χ1n) is 10.1. The first kappa shape index (κ1) is 24.5. The number of piperidine rings is 1. The lowest BCUT2D eigenvalue weighted by Crippen LogP contribution is -2.46. The summed E-state index contributed by atoms with van der Waals surface area (Å²) in [4.78, 5) is 25.2. The number of amides is 2. The molecule has 1 saturated heterocycles. The van der Waals surface area contributed by atoms with E-state index in [1.165, 1.54) is 30.3 Å². The maximum absolute atomic E-state index is 12.8. The van der Waals surface area contributed by atoms with Gasteiger partial charge in [0.1, 0.15) is 0 Å². The van der Waals surface area contributed by atoms with Crippen LogP contribution in [-0.4, -0.2) is 50.8 Å². The number of carbonyl (C=O) groups is 2. The number of hydrogen-bond acceptors (Lipinski definition) is 5. The first-order chi connectivity index (χ1) is 15.4. The molecule has 2 amide bonds. The van der Waals surface area contributed by atoms with Crippen molar-refractivity contribution in [1.82, 2.24) is 10.2 Å². The summed E-state index contributed by atoms with van der Waals surface area (Å²) in [6.07, 6.45) is -3.31. The van der Waals surface area contributed by atoms with E-state index in [0.29, 0.717) is 32.0 Å². The zero-order chi connectivity index (χ0) is 24.2. The van der Waals surface area contributed by atoms with Gasteiger partial charge in [-0.2, -0.15) is 13.2 Å². The number of hydrogen-bond donors (Lipinski definition) is 3. The molecule has 12 heteroatoms. The van der Waals surface area contributed by atoms with E-state index in [4.69, 9.17) is 5.73 Å². The summed E-state index contributed by atoms with van der Waals surface area (Å²) in [6.45, 7) is 1.41. The van der Waals surface area contributed by atoms with Gasteiger partial charge in [-0.15, -0.1) is 0 Å². The molecule has 1 aliphatic rings. The van der Waals surface area contributed by atoms with Crippen LogP contribution in [0.1, 0.15) is 28.8 Å². The minimum absolute atomic E-state index is 0.0902. The minimum atomic E-state index is -4.60. The second-order valence-electron chi connectivity index (χ2n) is 7.70. The molecule has 2 aromatic carbocycles. The van der Waals surface area contributed by atoms with Gasteiger partial charge in [-0.05, 0) is 55.3 Å². The van der Waals surface area contributed by atoms with Gasteiger partial charge < -0.3 is 11.1 Å². The molecule has 0 aromatic heterocycles. The Hall–Kier alpha value is -3.12. The van der Waals surface area contributed by atoms with Crippen LogP contribution < -0.4 is 15.8 Å². The second-order valence-corrected chi connectivity index (χ2v) is 9.38. The molecule has 0 radical (unpaired) electrons. The van der Waals surface area contributed by atoms with Crippen molar-refractivity contribution in [3.8, 4) is 0 Å². The Morgan fingerprint density at radius 3 is 2.27 bits per heavy atom. The molecule has 3 rings (SSSR count). The van der Waals surface area contributed by atoms with E-state index in [1.54, 1.807) is 0 Å². The Kier molecular flexibility index (Phi) is 7.28. The predicted molar refractivity (Wildman–Crippen MR) is 115 cm³/mol. The highest BCUT2D eigenvalue weighted by Crippen LogP contribution is 2.31. The fourth-order valence-corrected chi connectivity index (χ4v) is 4.53. The summed E-state index contributed by atoms with van der Waals surface area (Å²) in [7, 11) is -4.15. The molecule has 0 unspecified atom stereocenters. The second kappa shape index (κ2) is 9.79. The van der Waals surface area contributed by atoms with Crippen LogP contribution in [0.4, 0.5) is 18.9 Å². The number of likely N-dealkylation sites (tertiary alicyclic amines) is 1. The van der Waals surface area contributed by atoms with Gasteiger partial charge in [0.2, 0.25) is 5.91 Å². The van der Waals surface area contributed by atoms with Crippen molar-refractivity contribution in [3.05, 3.63) is 59.7 Å². The van der Waals surface area contributed by atoms with Crippen molar-refractivity contribution >= 4 is 27.5 Å². The molecule has 0 bridgehead atoms. The number of halogens is 3. The van der Waals surface area contributed by atoms with Crippen LogP contribution in [0.3, 0.4) is 0 Å². The van der Waals surface area contributed by atoms with E-state index in [2.05, 4.69) is 10.0 Å². The monoisotopic (exact) mass is 484 g/mol. The molecule has 33 heavy (non-hydrogen) atoms. The highest BCUT2D eigenvalue weighted by atomic mass is 32.2. The van der Waals surface area contributed by atoms with Crippen molar-refractivity contribution in [2.45, 2.75) is 30.0 Å². The number of sulfonamides is 1. The lowest BCUT2D eigenvalue weighted by atomic mass is 10.0. The summed E-state index contributed by atoms with van der Waals surface area (Å²) < 4.78 is 65.7. The van der Waals surface area contributed by atoms with Crippen LogP contribution in [-0.2, 0) is 21.0 Å². The number of alkyl halides is 3. The Labute approximate surface area is 189 Å². The highest BCUT2D eigenvalue weighted by Gasteiger charge is 2.31. The highest BCUT2D eigenvalue weighted by molar-refractivity contribution is 7.92. The van der Waals surface area contributed by atoms with E-state index in [9.17, 15) is 31.2 Å². The van der Waals surface area contributed by atoms with Gasteiger partial charge in [0.05, 0.1) is 17.0 Å². The molecule has 2 aromatic rings. The lowest BCUT2D eigenvalue weighted by molar-refractivity contribution is -0.137. The summed E-state index contributed by atoms with van der Waals surface area (Å²) in [5, 5.41) is 2.87. The third-order valence-corrected chi connectivity index (χ3v) is 6.57. The Morgan fingerprint density at radius 1 is 1.06 bits per heavy atom. The Morgan fingerprint density at radius 2 is 1.70 bits per heavy atom. The van der Waals surface area contributed by atoms with Crippen molar-refractivity contribution in [1.29, 1.82) is 0 Å². The summed E-state index contributed by atoms with van der Waals surface area (Å²) in [5.41, 5.74) is 4.22. The van der Waals surface area contributed by atoms with Crippen LogP contribution in [0.5, 0.6) is 0 Å². The molecule has 1 fully saturated rings. The van der Waals surface area contributed by atoms with Gasteiger partial charge >= 0.3 is 6.18 Å². The van der Waals surface area contributed by atoms with E-state index >= 15 is 0 Å². The lowest BCUT2D eigenvalue weighted by Gasteiger charge is -2.31. The number of nitrogens with one attached hydrogen (secondary N) is 2. The van der Waals surface area contributed by atoms with Gasteiger partial charge in [-0.1, -0.05) is 6.07 Å². The number of nitrogens with two attached hydrogens (primary N) is 1. The predicted octanol–water partition coefficient (Wildman–Crippen LogP) is 2.19. The molecular weight excluding hydrogens is 461 g/mol. The quantitative estimate of drug-likeness (QED) is 0.556. The van der Waals surface area contributed by atoms with Gasteiger partial charge in [0.25, 0.3) is 15.9 Å². The SMILES string of the molecule is NC(=O)CN1CCC(NC(=O)c2ccc(S(=O)(=O)Nc3cccc(C(F)(F)F)c3)cc2)CC1. The number of benzene rings is 2. The number of nitrogens with zero attached hydrogens (tertiary/aromatic N) is 1. The zero-order valence-corrected chi connectivity index (χ0v) is 18.2. The normalized spacial score (nSPS) is 15.7. The molecule has 1 heterocycles. The minimum Gasteiger partial charge on any atom is -0.369 e. The summed E-state index contributed by atoms with van der Waals surface area (Å²) >= 11 is 0. The van der Waals surface area contributed by atoms with Crippen LogP contribution in [0.25, 0.3) is 0 Å². The van der Waals surface area contributed by atoms with Crippen molar-refractivity contribution in [2.24, 2.45) is 5.73 Å². The molecule has 8 nitrogen and oxygen atoms in total. The van der Waals surface area contributed by atoms with Crippen molar-refractivity contribution in [2.75, 3.05) is 24.4 Å². The smallest absolute Gasteiger partial charge is 0.369 e. The number of anilines is 1. The number of primary amides is 1. The maximum atomic E-state index is 12.8. The largest absolute Gasteiger partial charge is 0.416 e. The van der Waals surface area contributed by atoms with E-state index in [1.807, 2.05) is 4.90 Å². The maximum Gasteiger partial charge on any atom is 0.416 e. The van der Waals surface area contributed by atoms with E-state index in [0.717, 1.165) is 12.1 Å². The van der Waals surface area contributed by atoms with Gasteiger partial charge in [-0.25, -0.2) is 8.42 Å². The van der Waals surface area contributed by atoms with Crippen LogP contribution >= 0.6 is 0 Å². The van der Waals surface area contributed by atoms with Gasteiger partial charge in [0.15, 0.2) is 0 Å². The third-order valence-electron chi connectivity index (χ3n) is 5.17. The molecule has 0 saturated carbocycles. The Balaban J connectivity index is 1.61. The standard InChI is InChI=1S/C21H23F3N4O4S/c22-21(23,24)15-2-1-3-17(12-15)27-33(31,32)18-6-4-14(5-7-18)20(30)26-16-8-10-28(11-9-16)13-19(25)29/h1-7,12,16,27H,8-11,13H2,(H2,25,29)(H,26,30). The molecule has 178 valence electrons. The average Bonchev–Trinajstić information content (AvgIpc) is 2.74. The van der Waals surface area contributed by atoms with Gasteiger partial charge in [-0.3, -0.25) is 19.2 Å². The number of carbonyl (C=O) groups excluding carboxylic acids is 2. The number of rotatable bonds is 7. The molecule has 1 aliphatic heterocycles. The van der Waals surface area contributed by atoms with Crippen LogP contribution in [0.15, 0.2) is 53.4 Å². The third kappa shape index (κ3) is 6.68. The topological polar surface area (TPSA) is 122 Å². The molecule has 0 aliphatic carbocycles.